The van der Waals surface area contributed by atoms with Gasteiger partial charge in [-0.05, 0) is 23.6 Å². The molecule has 0 saturated heterocycles. The number of anilines is 1. The third-order valence-corrected chi connectivity index (χ3v) is 4.39. The Morgan fingerprint density at radius 2 is 1.84 bits per heavy atom. The molecule has 3 rings (SSSR count). The molecule has 2 aromatic rings. The number of benzene rings is 2. The molecule has 1 aliphatic heterocycles. The second-order valence-electron chi connectivity index (χ2n) is 6.12. The van der Waals surface area contributed by atoms with Crippen molar-refractivity contribution in [3.8, 4) is 5.75 Å². The molecule has 2 aromatic carbocycles. The summed E-state index contributed by atoms with van der Waals surface area (Å²) >= 11 is 0. The Bertz CT molecular complexity index is 759. The number of ether oxygens (including phenoxy) is 2. The monoisotopic (exact) mass is 339 g/mol. The molecule has 0 aromatic heterocycles. The molecule has 0 bridgehead atoms. The van der Waals surface area contributed by atoms with E-state index in [2.05, 4.69) is 0 Å². The number of hydrogen-bond donors (Lipinski definition) is 0. The van der Waals surface area contributed by atoms with Gasteiger partial charge in [0.15, 0.2) is 0 Å². The minimum Gasteiger partial charge on any atom is -0.475 e. The Hall–Kier alpha value is -2.82. The molecule has 2 atom stereocenters. The van der Waals surface area contributed by atoms with Gasteiger partial charge in [0.05, 0.1) is 19.3 Å². The molecule has 0 saturated carbocycles. The van der Waals surface area contributed by atoms with Gasteiger partial charge < -0.3 is 14.4 Å². The van der Waals surface area contributed by atoms with E-state index in [0.717, 1.165) is 5.56 Å². The summed E-state index contributed by atoms with van der Waals surface area (Å²) in [5.74, 6) is 0.0783. The van der Waals surface area contributed by atoms with Crippen molar-refractivity contribution >= 4 is 17.6 Å². The number of amides is 1. The first kappa shape index (κ1) is 17.0. The van der Waals surface area contributed by atoms with Crippen molar-refractivity contribution < 1.29 is 19.1 Å². The van der Waals surface area contributed by atoms with Crippen LogP contribution in [0.25, 0.3) is 0 Å². The summed E-state index contributed by atoms with van der Waals surface area (Å²) in [4.78, 5) is 26.4. The van der Waals surface area contributed by atoms with Gasteiger partial charge in [0.1, 0.15) is 5.75 Å². The number of carbonyl (C=O) groups excluding carboxylic acids is 2. The first-order valence-corrected chi connectivity index (χ1v) is 8.29. The zero-order valence-corrected chi connectivity index (χ0v) is 14.3. The number of esters is 1. The standard InChI is InChI=1S/C20H21NO4/c1-14(15-8-4-3-5-9-15)12-19(22)21-13-18(20(23)24-2)25-17-11-7-6-10-16(17)21/h3-11,14,18H,12-13H2,1-2H3/t14-,18+/m0/s1. The molecule has 1 amide bonds. The Labute approximate surface area is 147 Å². The van der Waals surface area contributed by atoms with Crippen LogP contribution < -0.4 is 9.64 Å². The summed E-state index contributed by atoms with van der Waals surface area (Å²) in [6.07, 6.45) is -0.456. The number of carbonyl (C=O) groups is 2. The van der Waals surface area contributed by atoms with Crippen LogP contribution in [-0.4, -0.2) is 31.6 Å². The van der Waals surface area contributed by atoms with E-state index < -0.39 is 12.1 Å². The van der Waals surface area contributed by atoms with Crippen molar-refractivity contribution in [1.82, 2.24) is 0 Å². The largest absolute Gasteiger partial charge is 0.475 e. The molecule has 0 N–H and O–H groups in total. The molecule has 0 radical (unpaired) electrons. The second-order valence-corrected chi connectivity index (χ2v) is 6.12. The highest BCUT2D eigenvalue weighted by atomic mass is 16.6. The number of hydrogen-bond acceptors (Lipinski definition) is 4. The zero-order valence-electron chi connectivity index (χ0n) is 14.3. The molecular weight excluding hydrogens is 318 g/mol. The van der Waals surface area contributed by atoms with Crippen molar-refractivity contribution in [2.24, 2.45) is 0 Å². The summed E-state index contributed by atoms with van der Waals surface area (Å²) in [5, 5.41) is 0. The van der Waals surface area contributed by atoms with Crippen LogP contribution in [0, 0.1) is 0 Å². The molecular formula is C20H21NO4. The Kier molecular flexibility index (Phi) is 5.03. The van der Waals surface area contributed by atoms with Gasteiger partial charge in [-0.1, -0.05) is 49.4 Å². The predicted molar refractivity (Wildman–Crippen MR) is 94.7 cm³/mol. The van der Waals surface area contributed by atoms with Crippen LogP contribution in [0.1, 0.15) is 24.8 Å². The molecule has 1 aliphatic rings. The molecule has 5 nitrogen and oxygen atoms in total. The highest BCUT2D eigenvalue weighted by molar-refractivity contribution is 5.97. The van der Waals surface area contributed by atoms with Gasteiger partial charge in [0, 0.05) is 6.42 Å². The summed E-state index contributed by atoms with van der Waals surface area (Å²) < 4.78 is 10.5. The van der Waals surface area contributed by atoms with Crippen LogP contribution in [0.4, 0.5) is 5.69 Å². The van der Waals surface area contributed by atoms with E-state index in [-0.39, 0.29) is 18.4 Å². The van der Waals surface area contributed by atoms with E-state index in [1.807, 2.05) is 55.5 Å². The lowest BCUT2D eigenvalue weighted by molar-refractivity contribution is -0.148. The molecule has 0 aliphatic carbocycles. The fourth-order valence-electron chi connectivity index (χ4n) is 3.00. The van der Waals surface area contributed by atoms with Crippen LogP contribution in [0.2, 0.25) is 0 Å². The third kappa shape index (κ3) is 3.65. The molecule has 130 valence electrons. The first-order chi connectivity index (χ1) is 12.1. The maximum absolute atomic E-state index is 12.9. The fraction of sp³-hybridized carbons (Fsp3) is 0.300. The maximum atomic E-state index is 12.9. The lowest BCUT2D eigenvalue weighted by atomic mass is 9.97. The highest BCUT2D eigenvalue weighted by Gasteiger charge is 2.34. The maximum Gasteiger partial charge on any atom is 0.348 e. The third-order valence-electron chi connectivity index (χ3n) is 4.39. The van der Waals surface area contributed by atoms with Crippen molar-refractivity contribution in [3.63, 3.8) is 0 Å². The number of nitrogens with zero attached hydrogens (tertiary/aromatic N) is 1. The van der Waals surface area contributed by atoms with Crippen molar-refractivity contribution in [1.29, 1.82) is 0 Å². The van der Waals surface area contributed by atoms with Crippen LogP contribution in [-0.2, 0) is 14.3 Å². The van der Waals surface area contributed by atoms with Crippen molar-refractivity contribution in [3.05, 3.63) is 60.2 Å². The average Bonchev–Trinajstić information content (AvgIpc) is 2.67. The quantitative estimate of drug-likeness (QED) is 0.803. The van der Waals surface area contributed by atoms with E-state index in [0.29, 0.717) is 17.9 Å². The van der Waals surface area contributed by atoms with E-state index in [1.54, 1.807) is 11.0 Å². The van der Waals surface area contributed by atoms with Gasteiger partial charge in [-0.25, -0.2) is 4.79 Å². The minimum absolute atomic E-state index is 0.0407. The van der Waals surface area contributed by atoms with E-state index in [9.17, 15) is 9.59 Å². The predicted octanol–water partition coefficient (Wildman–Crippen LogP) is 3.15. The molecule has 1 heterocycles. The van der Waals surface area contributed by atoms with Crippen LogP contribution in [0.5, 0.6) is 5.75 Å². The van der Waals surface area contributed by atoms with Gasteiger partial charge in [0.2, 0.25) is 12.0 Å². The molecule has 0 spiro atoms. The molecule has 0 fully saturated rings. The Morgan fingerprint density at radius 1 is 1.16 bits per heavy atom. The Morgan fingerprint density at radius 3 is 2.56 bits per heavy atom. The summed E-state index contributed by atoms with van der Waals surface area (Å²) in [6, 6.07) is 17.2. The van der Waals surface area contributed by atoms with Crippen LogP contribution >= 0.6 is 0 Å². The summed E-state index contributed by atoms with van der Waals surface area (Å²) in [7, 11) is 1.32. The molecule has 5 heteroatoms. The van der Waals surface area contributed by atoms with E-state index in [1.165, 1.54) is 7.11 Å². The van der Waals surface area contributed by atoms with Crippen LogP contribution in [0.15, 0.2) is 54.6 Å². The van der Waals surface area contributed by atoms with Gasteiger partial charge in [-0.15, -0.1) is 0 Å². The topological polar surface area (TPSA) is 55.8 Å². The lowest BCUT2D eigenvalue weighted by Crippen LogP contribution is -2.47. The van der Waals surface area contributed by atoms with Crippen molar-refractivity contribution in [2.75, 3.05) is 18.6 Å². The smallest absolute Gasteiger partial charge is 0.348 e. The molecule has 25 heavy (non-hydrogen) atoms. The van der Waals surface area contributed by atoms with Gasteiger partial charge in [-0.2, -0.15) is 0 Å². The highest BCUT2D eigenvalue weighted by Crippen LogP contribution is 2.34. The first-order valence-electron chi connectivity index (χ1n) is 8.29. The van der Waals surface area contributed by atoms with Crippen LogP contribution in [0.3, 0.4) is 0 Å². The Balaban J connectivity index is 1.81. The number of fused-ring (bicyclic) bond motifs is 1. The SMILES string of the molecule is COC(=O)[C@H]1CN(C(=O)C[C@H](C)c2ccccc2)c2ccccc2O1. The number of para-hydroxylation sites is 2. The average molecular weight is 339 g/mol. The normalized spacial score (nSPS) is 17.2. The fourth-order valence-corrected chi connectivity index (χ4v) is 3.00. The summed E-state index contributed by atoms with van der Waals surface area (Å²) in [5.41, 5.74) is 1.80. The lowest BCUT2D eigenvalue weighted by Gasteiger charge is -2.34. The minimum atomic E-state index is -0.809. The second kappa shape index (κ2) is 7.38. The van der Waals surface area contributed by atoms with Gasteiger partial charge >= 0.3 is 5.97 Å². The number of methoxy groups -OCH3 is 1. The van der Waals surface area contributed by atoms with Crippen molar-refractivity contribution in [2.45, 2.75) is 25.4 Å². The zero-order chi connectivity index (χ0) is 17.8. The van der Waals surface area contributed by atoms with Gasteiger partial charge in [-0.3, -0.25) is 4.79 Å². The molecule has 0 unspecified atom stereocenters. The van der Waals surface area contributed by atoms with E-state index >= 15 is 0 Å². The number of rotatable bonds is 4. The van der Waals surface area contributed by atoms with E-state index in [4.69, 9.17) is 9.47 Å². The summed E-state index contributed by atoms with van der Waals surface area (Å²) in [6.45, 7) is 2.18. The van der Waals surface area contributed by atoms with Gasteiger partial charge in [0.25, 0.3) is 0 Å².